The Morgan fingerprint density at radius 3 is 2.71 bits per heavy atom. The largest absolute Gasteiger partial charge is 0.460 e. The number of ether oxygens (including phenoxy) is 1. The Kier molecular flexibility index (Phi) is 3.78. The highest BCUT2D eigenvalue weighted by Gasteiger charge is 2.43. The van der Waals surface area contributed by atoms with Crippen LogP contribution in [0.25, 0.3) is 0 Å². The number of carbonyl (C=O) groups is 1. The fourth-order valence-corrected chi connectivity index (χ4v) is 2.66. The number of benzene rings is 1. The SMILES string of the molecule is CCOC(=O)c1oc(C2CC2c2ccccc2)nc1CC. The molecule has 3 rings (SSSR count). The zero-order chi connectivity index (χ0) is 14.8. The molecule has 0 aliphatic heterocycles. The van der Waals surface area contributed by atoms with E-state index in [1.165, 1.54) is 5.56 Å². The average molecular weight is 285 g/mol. The van der Waals surface area contributed by atoms with Crippen molar-refractivity contribution in [2.75, 3.05) is 6.61 Å². The minimum absolute atomic E-state index is 0.271. The van der Waals surface area contributed by atoms with Crippen molar-refractivity contribution in [1.29, 1.82) is 0 Å². The van der Waals surface area contributed by atoms with Gasteiger partial charge in [0.2, 0.25) is 5.76 Å². The lowest BCUT2D eigenvalue weighted by Gasteiger charge is -1.98. The first-order valence-corrected chi connectivity index (χ1v) is 7.46. The first-order chi connectivity index (χ1) is 10.2. The number of aromatic nitrogens is 1. The van der Waals surface area contributed by atoms with E-state index in [0.29, 0.717) is 30.5 Å². The molecule has 4 heteroatoms. The summed E-state index contributed by atoms with van der Waals surface area (Å²) in [6, 6.07) is 10.4. The fraction of sp³-hybridized carbons (Fsp3) is 0.412. The molecule has 1 fully saturated rings. The van der Waals surface area contributed by atoms with Gasteiger partial charge < -0.3 is 9.15 Å². The van der Waals surface area contributed by atoms with E-state index in [9.17, 15) is 4.79 Å². The third-order valence-electron chi connectivity index (χ3n) is 3.84. The standard InChI is InChI=1S/C17H19NO3/c1-3-14-15(17(19)20-4-2)21-16(18-14)13-10-12(13)11-8-6-5-7-9-11/h5-9,12-13H,3-4,10H2,1-2H3. The molecular weight excluding hydrogens is 266 g/mol. The van der Waals surface area contributed by atoms with Crippen LogP contribution < -0.4 is 0 Å². The van der Waals surface area contributed by atoms with Crippen LogP contribution in [0.4, 0.5) is 0 Å². The van der Waals surface area contributed by atoms with Gasteiger partial charge in [0.1, 0.15) is 0 Å². The summed E-state index contributed by atoms with van der Waals surface area (Å²) in [5.41, 5.74) is 2.00. The van der Waals surface area contributed by atoms with E-state index < -0.39 is 5.97 Å². The molecule has 1 aliphatic rings. The maximum Gasteiger partial charge on any atom is 0.376 e. The monoisotopic (exact) mass is 285 g/mol. The quantitative estimate of drug-likeness (QED) is 0.786. The van der Waals surface area contributed by atoms with Gasteiger partial charge in [-0.2, -0.15) is 0 Å². The predicted molar refractivity (Wildman–Crippen MR) is 78.4 cm³/mol. The number of hydrogen-bond donors (Lipinski definition) is 0. The number of rotatable bonds is 5. The lowest BCUT2D eigenvalue weighted by atomic mass is 10.1. The molecule has 0 saturated heterocycles. The normalized spacial score (nSPS) is 20.3. The van der Waals surface area contributed by atoms with Crippen LogP contribution in [-0.2, 0) is 11.2 Å². The molecule has 0 radical (unpaired) electrons. The van der Waals surface area contributed by atoms with Crippen molar-refractivity contribution in [2.24, 2.45) is 0 Å². The van der Waals surface area contributed by atoms with Crippen molar-refractivity contribution in [3.8, 4) is 0 Å². The van der Waals surface area contributed by atoms with Gasteiger partial charge in [-0.25, -0.2) is 9.78 Å². The number of oxazole rings is 1. The minimum atomic E-state index is -0.412. The molecule has 1 aromatic carbocycles. The van der Waals surface area contributed by atoms with Crippen molar-refractivity contribution in [3.05, 3.63) is 53.2 Å². The van der Waals surface area contributed by atoms with Crippen molar-refractivity contribution in [3.63, 3.8) is 0 Å². The Balaban J connectivity index is 1.80. The molecule has 110 valence electrons. The molecule has 1 aliphatic carbocycles. The molecule has 1 saturated carbocycles. The van der Waals surface area contributed by atoms with E-state index in [0.717, 1.165) is 6.42 Å². The smallest absolute Gasteiger partial charge is 0.376 e. The first kappa shape index (κ1) is 13.9. The van der Waals surface area contributed by atoms with Crippen molar-refractivity contribution in [2.45, 2.75) is 38.5 Å². The molecular formula is C17H19NO3. The van der Waals surface area contributed by atoms with Gasteiger partial charge in [0, 0.05) is 5.92 Å². The molecule has 0 N–H and O–H groups in total. The summed E-state index contributed by atoms with van der Waals surface area (Å²) >= 11 is 0. The summed E-state index contributed by atoms with van der Waals surface area (Å²) < 4.78 is 10.7. The second-order valence-electron chi connectivity index (χ2n) is 5.26. The van der Waals surface area contributed by atoms with Crippen molar-refractivity contribution < 1.29 is 13.9 Å². The third-order valence-corrected chi connectivity index (χ3v) is 3.84. The summed E-state index contributed by atoms with van der Waals surface area (Å²) in [7, 11) is 0. The van der Waals surface area contributed by atoms with E-state index in [-0.39, 0.29) is 11.7 Å². The second-order valence-corrected chi connectivity index (χ2v) is 5.26. The Morgan fingerprint density at radius 2 is 2.05 bits per heavy atom. The van der Waals surface area contributed by atoms with Gasteiger partial charge in [0.25, 0.3) is 0 Å². The maximum absolute atomic E-state index is 11.9. The predicted octanol–water partition coefficient (Wildman–Crippen LogP) is 3.68. The van der Waals surface area contributed by atoms with Crippen molar-refractivity contribution in [1.82, 2.24) is 4.98 Å². The molecule has 0 amide bonds. The van der Waals surface area contributed by atoms with E-state index in [1.54, 1.807) is 6.92 Å². The lowest BCUT2D eigenvalue weighted by Crippen LogP contribution is -2.05. The van der Waals surface area contributed by atoms with Gasteiger partial charge >= 0.3 is 5.97 Å². The van der Waals surface area contributed by atoms with E-state index in [4.69, 9.17) is 9.15 Å². The van der Waals surface area contributed by atoms with Crippen LogP contribution in [-0.4, -0.2) is 17.6 Å². The Bertz CT molecular complexity index is 633. The summed E-state index contributed by atoms with van der Waals surface area (Å²) in [6.45, 7) is 4.09. The molecule has 1 heterocycles. The zero-order valence-electron chi connectivity index (χ0n) is 12.3. The molecule has 0 spiro atoms. The van der Waals surface area contributed by atoms with Crippen LogP contribution >= 0.6 is 0 Å². The fourth-order valence-electron chi connectivity index (χ4n) is 2.66. The third kappa shape index (κ3) is 2.71. The number of carbonyl (C=O) groups excluding carboxylic acids is 1. The Hall–Kier alpha value is -2.10. The summed E-state index contributed by atoms with van der Waals surface area (Å²) in [4.78, 5) is 16.4. The molecule has 2 atom stereocenters. The minimum Gasteiger partial charge on any atom is -0.460 e. The maximum atomic E-state index is 11.9. The van der Waals surface area contributed by atoms with Gasteiger partial charge in [0.15, 0.2) is 5.89 Å². The summed E-state index contributed by atoms with van der Waals surface area (Å²) in [5, 5.41) is 0. The molecule has 2 unspecified atom stereocenters. The number of hydrogen-bond acceptors (Lipinski definition) is 4. The average Bonchev–Trinajstić information content (AvgIpc) is 3.20. The number of esters is 1. The highest BCUT2D eigenvalue weighted by molar-refractivity contribution is 5.87. The Labute approximate surface area is 124 Å². The zero-order valence-corrected chi connectivity index (χ0v) is 12.3. The Morgan fingerprint density at radius 1 is 1.29 bits per heavy atom. The van der Waals surface area contributed by atoms with E-state index in [2.05, 4.69) is 17.1 Å². The van der Waals surface area contributed by atoms with E-state index in [1.807, 2.05) is 25.1 Å². The van der Waals surface area contributed by atoms with E-state index >= 15 is 0 Å². The first-order valence-electron chi connectivity index (χ1n) is 7.46. The van der Waals surface area contributed by atoms with Gasteiger partial charge in [-0.05, 0) is 31.2 Å². The molecule has 4 nitrogen and oxygen atoms in total. The molecule has 1 aromatic heterocycles. The van der Waals surface area contributed by atoms with Gasteiger partial charge in [-0.15, -0.1) is 0 Å². The molecule has 21 heavy (non-hydrogen) atoms. The molecule has 2 aromatic rings. The van der Waals surface area contributed by atoms with Gasteiger partial charge in [-0.1, -0.05) is 37.3 Å². The van der Waals surface area contributed by atoms with Crippen LogP contribution in [0.15, 0.2) is 34.7 Å². The highest BCUT2D eigenvalue weighted by Crippen LogP contribution is 2.54. The number of aryl methyl sites for hydroxylation is 1. The van der Waals surface area contributed by atoms with Crippen LogP contribution in [0.5, 0.6) is 0 Å². The van der Waals surface area contributed by atoms with Crippen LogP contribution in [0, 0.1) is 0 Å². The summed E-state index contributed by atoms with van der Waals surface area (Å²) in [5.74, 6) is 1.26. The van der Waals surface area contributed by atoms with Crippen molar-refractivity contribution >= 4 is 5.97 Å². The van der Waals surface area contributed by atoms with Gasteiger partial charge in [0.05, 0.1) is 12.3 Å². The van der Waals surface area contributed by atoms with Crippen LogP contribution in [0.2, 0.25) is 0 Å². The topological polar surface area (TPSA) is 52.3 Å². The summed E-state index contributed by atoms with van der Waals surface area (Å²) in [6.07, 6.45) is 1.69. The van der Waals surface area contributed by atoms with Crippen LogP contribution in [0.3, 0.4) is 0 Å². The lowest BCUT2D eigenvalue weighted by molar-refractivity contribution is 0.0486. The number of nitrogens with zero attached hydrogens (tertiary/aromatic N) is 1. The van der Waals surface area contributed by atoms with Gasteiger partial charge in [-0.3, -0.25) is 0 Å². The highest BCUT2D eigenvalue weighted by atomic mass is 16.5. The van der Waals surface area contributed by atoms with Crippen LogP contribution in [0.1, 0.15) is 59.8 Å². The second kappa shape index (κ2) is 5.72. The molecule has 0 bridgehead atoms.